The van der Waals surface area contributed by atoms with Crippen molar-refractivity contribution in [1.29, 1.82) is 0 Å². The van der Waals surface area contributed by atoms with Crippen molar-refractivity contribution in [3.05, 3.63) is 35.6 Å². The summed E-state index contributed by atoms with van der Waals surface area (Å²) in [6, 6.07) is 5.52. The monoisotopic (exact) mass is 293 g/mol. The van der Waals surface area contributed by atoms with E-state index in [1.165, 1.54) is 17.0 Å². The Labute approximate surface area is 123 Å². The van der Waals surface area contributed by atoms with Crippen LogP contribution in [-0.2, 0) is 11.3 Å². The standard InChI is InChI=1S/C15H20FN3O2/c1-3-5-13-14(20)19(15(21)17-13)10-18(2)9-11-6-4-7-12(16)8-11/h4,6-8,13H,3,5,9-10H2,1-2H3,(H,17,21)/t13-/m1/s1. The molecule has 0 saturated carbocycles. The molecule has 1 saturated heterocycles. The lowest BCUT2D eigenvalue weighted by Crippen LogP contribution is -2.40. The lowest BCUT2D eigenvalue weighted by molar-refractivity contribution is -0.129. The number of carbonyl (C=O) groups is 2. The van der Waals surface area contributed by atoms with Gasteiger partial charge in [0.2, 0.25) is 0 Å². The molecule has 0 spiro atoms. The van der Waals surface area contributed by atoms with Crippen LogP contribution in [0.25, 0.3) is 0 Å². The highest BCUT2D eigenvalue weighted by atomic mass is 19.1. The molecule has 6 heteroatoms. The topological polar surface area (TPSA) is 52.7 Å². The van der Waals surface area contributed by atoms with Crippen molar-refractivity contribution < 1.29 is 14.0 Å². The lowest BCUT2D eigenvalue weighted by Gasteiger charge is -2.22. The second-order valence-corrected chi connectivity index (χ2v) is 5.34. The van der Waals surface area contributed by atoms with Gasteiger partial charge in [0.05, 0.1) is 6.67 Å². The Morgan fingerprint density at radius 3 is 2.81 bits per heavy atom. The number of nitrogens with one attached hydrogen (secondary N) is 1. The number of benzene rings is 1. The van der Waals surface area contributed by atoms with E-state index < -0.39 is 6.04 Å². The van der Waals surface area contributed by atoms with Crippen molar-refractivity contribution in [3.8, 4) is 0 Å². The van der Waals surface area contributed by atoms with Crippen LogP contribution in [0.2, 0.25) is 0 Å². The van der Waals surface area contributed by atoms with E-state index in [0.717, 1.165) is 12.0 Å². The summed E-state index contributed by atoms with van der Waals surface area (Å²) < 4.78 is 13.1. The average Bonchev–Trinajstić information content (AvgIpc) is 2.67. The fraction of sp³-hybridized carbons (Fsp3) is 0.467. The van der Waals surface area contributed by atoms with Crippen molar-refractivity contribution >= 4 is 11.9 Å². The molecule has 21 heavy (non-hydrogen) atoms. The molecule has 0 aromatic heterocycles. The Morgan fingerprint density at radius 1 is 1.38 bits per heavy atom. The van der Waals surface area contributed by atoms with Gasteiger partial charge < -0.3 is 5.32 Å². The van der Waals surface area contributed by atoms with Gasteiger partial charge in [0, 0.05) is 6.54 Å². The molecule has 2 rings (SSSR count). The van der Waals surface area contributed by atoms with Crippen molar-refractivity contribution in [2.75, 3.05) is 13.7 Å². The number of amides is 3. The Balaban J connectivity index is 1.94. The fourth-order valence-corrected chi connectivity index (χ4v) is 2.43. The smallest absolute Gasteiger partial charge is 0.325 e. The van der Waals surface area contributed by atoms with Gasteiger partial charge in [-0.25, -0.2) is 14.1 Å². The van der Waals surface area contributed by atoms with Crippen LogP contribution in [0, 0.1) is 5.82 Å². The molecule has 0 radical (unpaired) electrons. The summed E-state index contributed by atoms with van der Waals surface area (Å²) in [5, 5.41) is 2.68. The summed E-state index contributed by atoms with van der Waals surface area (Å²) in [4.78, 5) is 26.9. The number of rotatable bonds is 6. The maximum Gasteiger partial charge on any atom is 0.325 e. The van der Waals surface area contributed by atoms with Crippen LogP contribution in [0.3, 0.4) is 0 Å². The summed E-state index contributed by atoms with van der Waals surface area (Å²) in [6.07, 6.45) is 1.48. The summed E-state index contributed by atoms with van der Waals surface area (Å²) >= 11 is 0. The molecule has 1 heterocycles. The lowest BCUT2D eigenvalue weighted by atomic mass is 10.2. The summed E-state index contributed by atoms with van der Waals surface area (Å²) in [5.41, 5.74) is 0.801. The highest BCUT2D eigenvalue weighted by Crippen LogP contribution is 2.13. The van der Waals surface area contributed by atoms with Crippen LogP contribution in [-0.4, -0.2) is 41.5 Å². The van der Waals surface area contributed by atoms with Gasteiger partial charge in [0.15, 0.2) is 0 Å². The van der Waals surface area contributed by atoms with Crippen LogP contribution in [0.5, 0.6) is 0 Å². The molecule has 0 bridgehead atoms. The first kappa shape index (κ1) is 15.4. The number of carbonyl (C=O) groups excluding carboxylic acids is 2. The van der Waals surface area contributed by atoms with Gasteiger partial charge in [0.1, 0.15) is 11.9 Å². The predicted octanol–water partition coefficient (Wildman–Crippen LogP) is 1.94. The predicted molar refractivity (Wildman–Crippen MR) is 76.8 cm³/mol. The summed E-state index contributed by atoms with van der Waals surface area (Å²) in [7, 11) is 1.79. The van der Waals surface area contributed by atoms with Crippen LogP contribution >= 0.6 is 0 Å². The SMILES string of the molecule is CCC[C@H]1NC(=O)N(CN(C)Cc2cccc(F)c2)C1=O. The minimum absolute atomic E-state index is 0.187. The van der Waals surface area contributed by atoms with Gasteiger partial charge in [0.25, 0.3) is 5.91 Å². The molecule has 3 amide bonds. The normalized spacial score (nSPS) is 18.5. The van der Waals surface area contributed by atoms with Crippen molar-refractivity contribution in [2.24, 2.45) is 0 Å². The van der Waals surface area contributed by atoms with Gasteiger partial charge in [-0.1, -0.05) is 25.5 Å². The number of hydrogen-bond donors (Lipinski definition) is 1. The summed E-state index contributed by atoms with van der Waals surface area (Å²) in [6.45, 7) is 2.63. The number of urea groups is 1. The number of hydrogen-bond acceptors (Lipinski definition) is 3. The molecule has 0 unspecified atom stereocenters. The zero-order valence-electron chi connectivity index (χ0n) is 12.3. The zero-order valence-corrected chi connectivity index (χ0v) is 12.3. The van der Waals surface area contributed by atoms with Crippen molar-refractivity contribution in [1.82, 2.24) is 15.1 Å². The quantitative estimate of drug-likeness (QED) is 0.816. The molecular formula is C15H20FN3O2. The first-order chi connectivity index (χ1) is 10.0. The Bertz CT molecular complexity index is 535. The first-order valence-corrected chi connectivity index (χ1v) is 7.06. The second kappa shape index (κ2) is 6.67. The van der Waals surface area contributed by atoms with Crippen molar-refractivity contribution in [2.45, 2.75) is 32.4 Å². The Morgan fingerprint density at radius 2 is 2.14 bits per heavy atom. The second-order valence-electron chi connectivity index (χ2n) is 5.34. The maximum absolute atomic E-state index is 13.1. The molecule has 1 aliphatic rings. The first-order valence-electron chi connectivity index (χ1n) is 7.06. The largest absolute Gasteiger partial charge is 0.326 e. The van der Waals surface area contributed by atoms with E-state index in [1.807, 2.05) is 13.0 Å². The summed E-state index contributed by atoms with van der Waals surface area (Å²) in [5.74, 6) is -0.480. The molecule has 114 valence electrons. The maximum atomic E-state index is 13.1. The van der Waals surface area contributed by atoms with Crippen LogP contribution in [0.15, 0.2) is 24.3 Å². The van der Waals surface area contributed by atoms with Crippen LogP contribution < -0.4 is 5.32 Å². The molecule has 0 aliphatic carbocycles. The van der Waals surface area contributed by atoms with E-state index in [1.54, 1.807) is 18.0 Å². The van der Waals surface area contributed by atoms with E-state index in [0.29, 0.717) is 13.0 Å². The van der Waals surface area contributed by atoms with Gasteiger partial charge in [-0.2, -0.15) is 0 Å². The van der Waals surface area contributed by atoms with Crippen LogP contribution in [0.4, 0.5) is 9.18 Å². The van der Waals surface area contributed by atoms with Gasteiger partial charge >= 0.3 is 6.03 Å². The molecule has 1 aromatic carbocycles. The molecule has 1 fully saturated rings. The van der Waals surface area contributed by atoms with Gasteiger partial charge in [-0.05, 0) is 31.2 Å². The molecule has 1 N–H and O–H groups in total. The average molecular weight is 293 g/mol. The highest BCUT2D eigenvalue weighted by molar-refractivity contribution is 6.04. The number of halogens is 1. The molecule has 1 aromatic rings. The van der Waals surface area contributed by atoms with Crippen LogP contribution in [0.1, 0.15) is 25.3 Å². The number of nitrogens with zero attached hydrogens (tertiary/aromatic N) is 2. The fourth-order valence-electron chi connectivity index (χ4n) is 2.43. The minimum Gasteiger partial charge on any atom is -0.326 e. The minimum atomic E-state index is -0.412. The van der Waals surface area contributed by atoms with E-state index in [-0.39, 0.29) is 24.4 Å². The third kappa shape index (κ3) is 3.78. The third-order valence-electron chi connectivity index (χ3n) is 3.41. The number of imide groups is 1. The van der Waals surface area contributed by atoms with Gasteiger partial charge in [-0.15, -0.1) is 0 Å². The molecule has 1 atom stereocenters. The molecule has 1 aliphatic heterocycles. The zero-order chi connectivity index (χ0) is 15.4. The van der Waals surface area contributed by atoms with Gasteiger partial charge in [-0.3, -0.25) is 9.69 Å². The Kier molecular flexibility index (Phi) is 4.90. The van der Waals surface area contributed by atoms with E-state index >= 15 is 0 Å². The molecular weight excluding hydrogens is 273 g/mol. The highest BCUT2D eigenvalue weighted by Gasteiger charge is 2.37. The van der Waals surface area contributed by atoms with Crippen molar-refractivity contribution in [3.63, 3.8) is 0 Å². The molecule has 5 nitrogen and oxygen atoms in total. The van der Waals surface area contributed by atoms with E-state index in [4.69, 9.17) is 0 Å². The van der Waals surface area contributed by atoms with E-state index in [9.17, 15) is 14.0 Å². The van der Waals surface area contributed by atoms with E-state index in [2.05, 4.69) is 5.32 Å². The Hall–Kier alpha value is -1.95. The third-order valence-corrected chi connectivity index (χ3v) is 3.41.